The molecule has 0 atom stereocenters. The van der Waals surface area contributed by atoms with E-state index in [2.05, 4.69) is 221 Å². The molecule has 5 nitrogen and oxygen atoms in total. The Labute approximate surface area is 424 Å². The highest BCUT2D eigenvalue weighted by Gasteiger charge is 2.26. The van der Waals surface area contributed by atoms with Gasteiger partial charge in [-0.3, -0.25) is 4.57 Å². The molecule has 0 fully saturated rings. The van der Waals surface area contributed by atoms with Gasteiger partial charge in [-0.25, -0.2) is 4.98 Å². The molecule has 74 heavy (non-hydrogen) atoms. The van der Waals surface area contributed by atoms with Crippen LogP contribution in [0.2, 0.25) is 0 Å². The predicted octanol–water partition coefficient (Wildman–Crippen LogP) is 18.0. The molecule has 0 amide bonds. The summed E-state index contributed by atoms with van der Waals surface area (Å²) in [6.45, 7) is 0. The van der Waals surface area contributed by atoms with E-state index in [1.807, 2.05) is 36.4 Å². The first-order valence-electron chi connectivity index (χ1n) is 25.3. The van der Waals surface area contributed by atoms with E-state index in [4.69, 9.17) is 15.0 Å². The van der Waals surface area contributed by atoms with Crippen LogP contribution in [-0.2, 0) is 0 Å². The summed E-state index contributed by atoms with van der Waals surface area (Å²) < 4.78 is 4.86. The van der Waals surface area contributed by atoms with Gasteiger partial charge in [-0.1, -0.05) is 212 Å². The fourth-order valence-corrected chi connectivity index (χ4v) is 12.2. The first kappa shape index (κ1) is 40.7. The van der Waals surface area contributed by atoms with Crippen molar-refractivity contribution in [2.45, 2.75) is 0 Å². The molecule has 342 valence electrons. The molecule has 0 unspecified atom stereocenters. The lowest BCUT2D eigenvalue weighted by molar-refractivity contribution is 0.954. The standard InChI is InChI=1S/C69H41N5/c1-4-19-42(20-5-1)45-25-18-26-46(37-45)73-63-40-59-53-33-16-12-29-49(53)47-27-10-14-31-51(47)57(59)38-61(63)55-35-36-56-62-39-58-52-32-15-11-28-48(52)50-30-13-17-34-54(50)60(58)41-64(62)74(66(56)65(55)73)69-71-67(43-21-6-2-7-22-43)70-68(72-69)44-23-8-3-9-24-44/h1-41H. The molecular weight excluding hydrogens is 899 g/mol. The van der Waals surface area contributed by atoms with E-state index >= 15 is 0 Å². The van der Waals surface area contributed by atoms with Crippen molar-refractivity contribution in [3.8, 4) is 45.5 Å². The number of rotatable bonds is 5. The van der Waals surface area contributed by atoms with Gasteiger partial charge < -0.3 is 4.57 Å². The van der Waals surface area contributed by atoms with Crippen LogP contribution in [0.3, 0.4) is 0 Å². The zero-order valence-corrected chi connectivity index (χ0v) is 39.9. The van der Waals surface area contributed by atoms with Crippen LogP contribution >= 0.6 is 0 Å². The summed E-state index contributed by atoms with van der Waals surface area (Å²) in [5.41, 5.74) is 9.43. The number of fused-ring (bicyclic) bond motifs is 19. The second kappa shape index (κ2) is 15.8. The van der Waals surface area contributed by atoms with Gasteiger partial charge in [-0.05, 0) is 112 Å². The topological polar surface area (TPSA) is 48.5 Å². The largest absolute Gasteiger partial charge is 0.307 e. The molecule has 3 heterocycles. The van der Waals surface area contributed by atoms with Gasteiger partial charge in [0.15, 0.2) is 11.6 Å². The second-order valence-corrected chi connectivity index (χ2v) is 19.5. The normalized spacial score (nSPS) is 12.1. The molecular formula is C69H41N5. The maximum atomic E-state index is 5.53. The summed E-state index contributed by atoms with van der Waals surface area (Å²) in [6.07, 6.45) is 0. The van der Waals surface area contributed by atoms with Gasteiger partial charge in [0.2, 0.25) is 5.95 Å². The van der Waals surface area contributed by atoms with Crippen molar-refractivity contribution >= 4 is 108 Å². The third-order valence-corrected chi connectivity index (χ3v) is 15.5. The average molecular weight is 940 g/mol. The van der Waals surface area contributed by atoms with Crippen LogP contribution in [0.5, 0.6) is 0 Å². The Morgan fingerprint density at radius 1 is 0.216 bits per heavy atom. The Bertz CT molecular complexity index is 4940. The first-order valence-corrected chi connectivity index (χ1v) is 25.3. The van der Waals surface area contributed by atoms with Crippen molar-refractivity contribution in [1.29, 1.82) is 0 Å². The summed E-state index contributed by atoms with van der Waals surface area (Å²) in [4.78, 5) is 16.3. The maximum absolute atomic E-state index is 5.53. The molecule has 16 rings (SSSR count). The highest BCUT2D eigenvalue weighted by molar-refractivity contribution is 6.33. The zero-order chi connectivity index (χ0) is 48.4. The quantitative estimate of drug-likeness (QED) is 0.162. The minimum absolute atomic E-state index is 0.548. The van der Waals surface area contributed by atoms with E-state index in [0.29, 0.717) is 17.6 Å². The monoisotopic (exact) mass is 939 g/mol. The molecule has 0 aliphatic carbocycles. The van der Waals surface area contributed by atoms with Crippen molar-refractivity contribution in [3.05, 3.63) is 249 Å². The zero-order valence-electron chi connectivity index (χ0n) is 39.9. The molecule has 16 aromatic rings. The van der Waals surface area contributed by atoms with Gasteiger partial charge in [-0.2, -0.15) is 9.97 Å². The van der Waals surface area contributed by atoms with Crippen molar-refractivity contribution in [3.63, 3.8) is 0 Å². The minimum Gasteiger partial charge on any atom is -0.307 e. The minimum atomic E-state index is 0.548. The third kappa shape index (κ3) is 5.95. The molecule has 0 saturated carbocycles. The summed E-state index contributed by atoms with van der Waals surface area (Å²) in [7, 11) is 0. The molecule has 5 heteroatoms. The van der Waals surface area contributed by atoms with Crippen molar-refractivity contribution in [2.75, 3.05) is 0 Å². The Balaban J connectivity index is 1.14. The second-order valence-electron chi connectivity index (χ2n) is 19.5. The molecule has 0 radical (unpaired) electrons. The molecule has 3 aromatic heterocycles. The van der Waals surface area contributed by atoms with Gasteiger partial charge in [0.05, 0.1) is 22.1 Å². The van der Waals surface area contributed by atoms with Crippen LogP contribution < -0.4 is 0 Å². The highest BCUT2D eigenvalue weighted by atomic mass is 15.2. The smallest absolute Gasteiger partial charge is 0.238 e. The van der Waals surface area contributed by atoms with E-state index in [1.54, 1.807) is 0 Å². The van der Waals surface area contributed by atoms with Gasteiger partial charge >= 0.3 is 0 Å². The van der Waals surface area contributed by atoms with Gasteiger partial charge in [-0.15, -0.1) is 0 Å². The maximum Gasteiger partial charge on any atom is 0.238 e. The van der Waals surface area contributed by atoms with Crippen LogP contribution in [-0.4, -0.2) is 24.1 Å². The number of hydrogen-bond acceptors (Lipinski definition) is 3. The lowest BCUT2D eigenvalue weighted by atomic mass is 9.93. The lowest BCUT2D eigenvalue weighted by Gasteiger charge is -2.15. The first-order chi connectivity index (χ1) is 36.7. The summed E-state index contributed by atoms with van der Waals surface area (Å²) in [6, 6.07) is 90.1. The molecule has 0 N–H and O–H groups in total. The molecule has 0 aliphatic heterocycles. The third-order valence-electron chi connectivity index (χ3n) is 15.5. The highest BCUT2D eigenvalue weighted by Crippen LogP contribution is 2.47. The number of nitrogens with zero attached hydrogens (tertiary/aromatic N) is 5. The lowest BCUT2D eigenvalue weighted by Crippen LogP contribution is -2.07. The van der Waals surface area contributed by atoms with E-state index in [1.165, 1.54) is 70.0 Å². The van der Waals surface area contributed by atoms with E-state index in [0.717, 1.165) is 66.2 Å². The Hall–Kier alpha value is -9.97. The van der Waals surface area contributed by atoms with Crippen molar-refractivity contribution < 1.29 is 0 Å². The van der Waals surface area contributed by atoms with Crippen LogP contribution in [0.25, 0.3) is 154 Å². The van der Waals surface area contributed by atoms with Crippen LogP contribution in [0.15, 0.2) is 249 Å². The molecule has 0 saturated heterocycles. The number of hydrogen-bond donors (Lipinski definition) is 0. The molecule has 0 spiro atoms. The molecule has 0 bridgehead atoms. The van der Waals surface area contributed by atoms with E-state index in [-0.39, 0.29) is 0 Å². The average Bonchev–Trinajstić information content (AvgIpc) is 4.00. The Morgan fingerprint density at radius 2 is 0.568 bits per heavy atom. The molecule has 0 aliphatic rings. The fraction of sp³-hybridized carbons (Fsp3) is 0. The van der Waals surface area contributed by atoms with E-state index < -0.39 is 0 Å². The number of benzene rings is 13. The summed E-state index contributed by atoms with van der Waals surface area (Å²) in [5.74, 6) is 1.76. The van der Waals surface area contributed by atoms with Crippen LogP contribution in [0.1, 0.15) is 0 Å². The van der Waals surface area contributed by atoms with Crippen molar-refractivity contribution in [1.82, 2.24) is 24.1 Å². The van der Waals surface area contributed by atoms with Gasteiger partial charge in [0.25, 0.3) is 0 Å². The fourth-order valence-electron chi connectivity index (χ4n) is 12.2. The summed E-state index contributed by atoms with van der Waals surface area (Å²) in [5, 5.41) is 19.2. The predicted molar refractivity (Wildman–Crippen MR) is 310 cm³/mol. The molecule has 13 aromatic carbocycles. The number of aromatic nitrogens is 5. The Kier molecular flexibility index (Phi) is 8.68. The summed E-state index contributed by atoms with van der Waals surface area (Å²) >= 11 is 0. The van der Waals surface area contributed by atoms with Crippen LogP contribution in [0, 0.1) is 0 Å². The van der Waals surface area contributed by atoms with E-state index in [9.17, 15) is 0 Å². The SMILES string of the molecule is c1ccc(-c2cccc(-n3c4cc5c6ccccc6c6ccccc6c5cc4c4ccc5c6cc7c8ccccc8c8ccccc8c7cc6n(-c6nc(-c7ccccc7)nc(-c7ccccc7)n6)c5c43)c2)cc1. The van der Waals surface area contributed by atoms with Crippen molar-refractivity contribution in [2.24, 2.45) is 0 Å². The van der Waals surface area contributed by atoms with Gasteiger partial charge in [0, 0.05) is 38.4 Å². The Morgan fingerprint density at radius 3 is 1.01 bits per heavy atom. The van der Waals surface area contributed by atoms with Crippen LogP contribution in [0.4, 0.5) is 0 Å². The van der Waals surface area contributed by atoms with Gasteiger partial charge in [0.1, 0.15) is 0 Å².